The van der Waals surface area contributed by atoms with Crippen LogP contribution < -0.4 is 0 Å². The highest BCUT2D eigenvalue weighted by Crippen LogP contribution is 2.32. The Kier molecular flexibility index (Phi) is 4.46. The Morgan fingerprint density at radius 1 is 1.47 bits per heavy atom. The van der Waals surface area contributed by atoms with E-state index in [-0.39, 0.29) is 0 Å². The summed E-state index contributed by atoms with van der Waals surface area (Å²) in [6, 6.07) is 0. The number of thioether (sulfide) groups is 1. The largest absolute Gasteiger partial charge is 0.335 e. The van der Waals surface area contributed by atoms with Crippen LogP contribution in [0.15, 0.2) is 6.20 Å². The number of hydrogen-bond donors (Lipinski definition) is 1. The number of hydrogen-bond acceptors (Lipinski definition) is 2. The SMILES string of the molecule is CCC(CC)(Cn1cc(C)[nH]c1=S)SC. The second-order valence-corrected chi connectivity index (χ2v) is 5.63. The van der Waals surface area contributed by atoms with Crippen LogP contribution in [0.5, 0.6) is 0 Å². The molecule has 0 aliphatic rings. The minimum Gasteiger partial charge on any atom is -0.335 e. The molecule has 0 fully saturated rings. The van der Waals surface area contributed by atoms with E-state index in [0.29, 0.717) is 4.75 Å². The van der Waals surface area contributed by atoms with Crippen molar-refractivity contribution < 1.29 is 0 Å². The van der Waals surface area contributed by atoms with Gasteiger partial charge < -0.3 is 9.55 Å². The molecule has 0 aliphatic heterocycles. The first-order valence-electron chi connectivity index (χ1n) is 5.38. The van der Waals surface area contributed by atoms with Gasteiger partial charge in [-0.05, 0) is 38.2 Å². The molecule has 2 nitrogen and oxygen atoms in total. The molecule has 0 spiro atoms. The molecule has 0 unspecified atom stereocenters. The molecule has 1 heterocycles. The molecular formula is C11H20N2S2. The van der Waals surface area contributed by atoms with Crippen LogP contribution >= 0.6 is 24.0 Å². The lowest BCUT2D eigenvalue weighted by molar-refractivity contribution is 0.463. The normalized spacial score (nSPS) is 12.0. The van der Waals surface area contributed by atoms with Crippen LogP contribution in [0.4, 0.5) is 0 Å². The highest BCUT2D eigenvalue weighted by molar-refractivity contribution is 8.00. The van der Waals surface area contributed by atoms with Gasteiger partial charge in [-0.3, -0.25) is 0 Å². The van der Waals surface area contributed by atoms with E-state index in [9.17, 15) is 0 Å². The number of H-pyrrole nitrogens is 1. The maximum Gasteiger partial charge on any atom is 0.177 e. The zero-order valence-electron chi connectivity index (χ0n) is 9.96. The molecule has 0 saturated carbocycles. The number of nitrogens with zero attached hydrogens (tertiary/aromatic N) is 1. The van der Waals surface area contributed by atoms with Gasteiger partial charge in [0.05, 0.1) is 0 Å². The van der Waals surface area contributed by atoms with Crippen molar-refractivity contribution >= 4 is 24.0 Å². The molecule has 4 heteroatoms. The standard InChI is InChI=1S/C11H20N2S2/c1-5-11(6-2,15-4)8-13-7-9(3)12-10(13)14/h7H,5-6,8H2,1-4H3,(H,12,14). The molecule has 15 heavy (non-hydrogen) atoms. The van der Waals surface area contributed by atoms with Crippen molar-refractivity contribution in [1.82, 2.24) is 9.55 Å². The van der Waals surface area contributed by atoms with Gasteiger partial charge in [-0.25, -0.2) is 0 Å². The van der Waals surface area contributed by atoms with Crippen LogP contribution in [0, 0.1) is 11.7 Å². The van der Waals surface area contributed by atoms with E-state index in [2.05, 4.69) is 35.9 Å². The Labute approximate surface area is 101 Å². The van der Waals surface area contributed by atoms with Crippen LogP contribution in [0.1, 0.15) is 32.4 Å². The van der Waals surface area contributed by atoms with E-state index in [1.165, 1.54) is 12.8 Å². The summed E-state index contributed by atoms with van der Waals surface area (Å²) in [7, 11) is 0. The van der Waals surface area contributed by atoms with Crippen molar-refractivity contribution in [1.29, 1.82) is 0 Å². The number of imidazole rings is 1. The molecule has 0 aromatic carbocycles. The Balaban J connectivity index is 2.92. The molecule has 0 bridgehead atoms. The lowest BCUT2D eigenvalue weighted by Gasteiger charge is -2.29. The summed E-state index contributed by atoms with van der Waals surface area (Å²) in [6.45, 7) is 7.56. The molecule has 0 aliphatic carbocycles. The van der Waals surface area contributed by atoms with Gasteiger partial charge in [-0.15, -0.1) is 0 Å². The summed E-state index contributed by atoms with van der Waals surface area (Å²) in [4.78, 5) is 3.17. The predicted octanol–water partition coefficient (Wildman–Crippen LogP) is 3.78. The predicted molar refractivity (Wildman–Crippen MR) is 71.2 cm³/mol. The average Bonchev–Trinajstić information content (AvgIpc) is 2.54. The summed E-state index contributed by atoms with van der Waals surface area (Å²) < 4.78 is 3.33. The highest BCUT2D eigenvalue weighted by Gasteiger charge is 2.25. The van der Waals surface area contributed by atoms with Gasteiger partial charge in [0.25, 0.3) is 0 Å². The number of aryl methyl sites for hydroxylation is 1. The molecule has 1 aromatic heterocycles. The van der Waals surface area contributed by atoms with E-state index in [4.69, 9.17) is 12.2 Å². The summed E-state index contributed by atoms with van der Waals surface area (Å²) in [5, 5.41) is 0. The first kappa shape index (κ1) is 12.8. The third kappa shape index (κ3) is 2.88. The van der Waals surface area contributed by atoms with Gasteiger partial charge in [0, 0.05) is 23.2 Å². The molecule has 0 atom stereocenters. The number of aromatic nitrogens is 2. The Morgan fingerprint density at radius 3 is 2.40 bits per heavy atom. The van der Waals surface area contributed by atoms with E-state index < -0.39 is 0 Å². The topological polar surface area (TPSA) is 20.7 Å². The van der Waals surface area contributed by atoms with Crippen molar-refractivity contribution in [2.45, 2.75) is 44.9 Å². The van der Waals surface area contributed by atoms with E-state index in [1.54, 1.807) is 0 Å². The van der Waals surface area contributed by atoms with E-state index >= 15 is 0 Å². The van der Waals surface area contributed by atoms with E-state index in [0.717, 1.165) is 17.0 Å². The van der Waals surface area contributed by atoms with E-state index in [1.807, 2.05) is 18.7 Å². The van der Waals surface area contributed by atoms with Gasteiger partial charge >= 0.3 is 0 Å². The van der Waals surface area contributed by atoms with Gasteiger partial charge in [0.15, 0.2) is 4.77 Å². The zero-order chi connectivity index (χ0) is 11.5. The van der Waals surface area contributed by atoms with Crippen molar-refractivity contribution in [3.63, 3.8) is 0 Å². The molecule has 1 N–H and O–H groups in total. The molecule has 1 aromatic rings. The summed E-state index contributed by atoms with van der Waals surface area (Å²) >= 11 is 7.23. The summed E-state index contributed by atoms with van der Waals surface area (Å²) in [5.74, 6) is 0. The fourth-order valence-electron chi connectivity index (χ4n) is 1.82. The van der Waals surface area contributed by atoms with Crippen LogP contribution in [-0.2, 0) is 6.54 Å². The summed E-state index contributed by atoms with van der Waals surface area (Å²) in [5.41, 5.74) is 1.14. The minimum absolute atomic E-state index is 0.326. The van der Waals surface area contributed by atoms with Crippen molar-refractivity contribution in [3.05, 3.63) is 16.7 Å². The third-order valence-electron chi connectivity index (χ3n) is 3.09. The third-order valence-corrected chi connectivity index (χ3v) is 5.00. The number of rotatable bonds is 5. The van der Waals surface area contributed by atoms with Crippen LogP contribution in [-0.4, -0.2) is 20.6 Å². The second kappa shape index (κ2) is 5.21. The monoisotopic (exact) mass is 244 g/mol. The number of nitrogens with one attached hydrogen (secondary N) is 1. The van der Waals surface area contributed by atoms with Crippen LogP contribution in [0.3, 0.4) is 0 Å². The van der Waals surface area contributed by atoms with Crippen LogP contribution in [0.2, 0.25) is 0 Å². The molecule has 86 valence electrons. The first-order chi connectivity index (χ1) is 7.06. The smallest absolute Gasteiger partial charge is 0.177 e. The second-order valence-electron chi connectivity index (χ2n) is 3.96. The Hall–Kier alpha value is -0.220. The maximum atomic E-state index is 5.28. The van der Waals surface area contributed by atoms with Crippen molar-refractivity contribution in [3.8, 4) is 0 Å². The molecule has 0 amide bonds. The minimum atomic E-state index is 0.326. The highest BCUT2D eigenvalue weighted by atomic mass is 32.2. The Morgan fingerprint density at radius 2 is 2.07 bits per heavy atom. The van der Waals surface area contributed by atoms with Gasteiger partial charge in [-0.2, -0.15) is 11.8 Å². The zero-order valence-corrected chi connectivity index (χ0v) is 11.6. The molecular weight excluding hydrogens is 224 g/mol. The fourth-order valence-corrected chi connectivity index (χ4v) is 2.94. The van der Waals surface area contributed by atoms with Crippen molar-refractivity contribution in [2.24, 2.45) is 0 Å². The molecule has 0 radical (unpaired) electrons. The summed E-state index contributed by atoms with van der Waals surface area (Å²) in [6.07, 6.45) is 6.65. The lowest BCUT2D eigenvalue weighted by atomic mass is 10.0. The van der Waals surface area contributed by atoms with Gasteiger partial charge in [0.2, 0.25) is 0 Å². The van der Waals surface area contributed by atoms with Crippen molar-refractivity contribution in [2.75, 3.05) is 6.26 Å². The Bertz CT molecular complexity index is 353. The fraction of sp³-hybridized carbons (Fsp3) is 0.727. The van der Waals surface area contributed by atoms with Gasteiger partial charge in [0.1, 0.15) is 0 Å². The molecule has 0 saturated heterocycles. The maximum absolute atomic E-state index is 5.28. The lowest BCUT2D eigenvalue weighted by Crippen LogP contribution is -2.28. The van der Waals surface area contributed by atoms with Gasteiger partial charge in [-0.1, -0.05) is 13.8 Å². The first-order valence-corrected chi connectivity index (χ1v) is 7.01. The van der Waals surface area contributed by atoms with Crippen LogP contribution in [0.25, 0.3) is 0 Å². The number of aromatic amines is 1. The quantitative estimate of drug-likeness (QED) is 0.796. The average molecular weight is 244 g/mol. The molecule has 1 rings (SSSR count).